The van der Waals surface area contributed by atoms with Crippen molar-refractivity contribution in [3.63, 3.8) is 0 Å². The van der Waals surface area contributed by atoms with E-state index >= 15 is 0 Å². The fourth-order valence-corrected chi connectivity index (χ4v) is 4.70. The zero-order valence-corrected chi connectivity index (χ0v) is 20.2. The highest BCUT2D eigenvalue weighted by Gasteiger charge is 2.33. The van der Waals surface area contributed by atoms with E-state index in [0.717, 1.165) is 0 Å². The summed E-state index contributed by atoms with van der Waals surface area (Å²) in [5.74, 6) is 0.0259. The zero-order valence-electron chi connectivity index (χ0n) is 18.6. The van der Waals surface area contributed by atoms with Gasteiger partial charge in [-0.15, -0.1) is 5.06 Å². The molecule has 11 heteroatoms. The summed E-state index contributed by atoms with van der Waals surface area (Å²) in [5.41, 5.74) is 0.0551. The number of hydroxylamine groups is 2. The second-order valence-electron chi connectivity index (χ2n) is 8.66. The Bertz CT molecular complexity index is 1050. The number of piperidine rings is 1. The number of sulfonamides is 1. The van der Waals surface area contributed by atoms with E-state index in [2.05, 4.69) is 15.3 Å². The monoisotopic (exact) mass is 481 g/mol. The van der Waals surface area contributed by atoms with E-state index in [1.165, 1.54) is 10.5 Å². The average molecular weight is 482 g/mol. The van der Waals surface area contributed by atoms with E-state index in [0.29, 0.717) is 42.7 Å². The van der Waals surface area contributed by atoms with Crippen molar-refractivity contribution in [3.8, 4) is 0 Å². The third kappa shape index (κ3) is 5.94. The molecule has 0 atom stereocenters. The van der Waals surface area contributed by atoms with E-state index in [1.807, 2.05) is 0 Å². The summed E-state index contributed by atoms with van der Waals surface area (Å²) in [5, 5.41) is 4.91. The number of nitrogens with zero attached hydrogens (tertiary/aromatic N) is 4. The van der Waals surface area contributed by atoms with Gasteiger partial charge in [-0.1, -0.05) is 11.6 Å². The lowest BCUT2D eigenvalue weighted by atomic mass is 9.98. The molecule has 32 heavy (non-hydrogen) atoms. The molecule has 1 fully saturated rings. The standard InChI is InChI=1S/C21H28ClN5O4S/c1-21(2,3)19(28)31-27-13-10-16(11-14-27)26(4)32(29,30)17-7-5-15(6-8-17)24-20-23-12-9-18(22)25-20/h5-9,12,16H,10-11,13-14H2,1-4H3,(H,23,24,25). The highest BCUT2D eigenvalue weighted by Crippen LogP contribution is 2.25. The number of nitrogens with one attached hydrogen (secondary N) is 1. The van der Waals surface area contributed by atoms with Gasteiger partial charge in [-0.2, -0.15) is 4.31 Å². The molecular weight excluding hydrogens is 454 g/mol. The number of hydrogen-bond acceptors (Lipinski definition) is 8. The fourth-order valence-electron chi connectivity index (χ4n) is 3.15. The SMILES string of the molecule is CN(C1CCN(OC(=O)C(C)(C)C)CC1)S(=O)(=O)c1ccc(Nc2nccc(Cl)n2)cc1. The van der Waals surface area contributed by atoms with E-state index < -0.39 is 15.4 Å². The van der Waals surface area contributed by atoms with Crippen LogP contribution in [0.2, 0.25) is 5.15 Å². The molecule has 0 aliphatic carbocycles. The van der Waals surface area contributed by atoms with Crippen LogP contribution in [0.4, 0.5) is 11.6 Å². The highest BCUT2D eigenvalue weighted by molar-refractivity contribution is 7.89. The number of aromatic nitrogens is 2. The number of carbonyl (C=O) groups is 1. The van der Waals surface area contributed by atoms with Gasteiger partial charge in [0.1, 0.15) is 5.15 Å². The molecule has 0 saturated carbocycles. The minimum atomic E-state index is -3.67. The predicted octanol–water partition coefficient (Wildman–Crippen LogP) is 3.46. The zero-order chi connectivity index (χ0) is 23.5. The van der Waals surface area contributed by atoms with Crippen molar-refractivity contribution in [1.82, 2.24) is 19.3 Å². The van der Waals surface area contributed by atoms with Crippen LogP contribution in [0.3, 0.4) is 0 Å². The highest BCUT2D eigenvalue weighted by atomic mass is 35.5. The molecule has 1 aromatic carbocycles. The molecule has 9 nitrogen and oxygen atoms in total. The molecule has 1 aliphatic rings. The van der Waals surface area contributed by atoms with E-state index in [9.17, 15) is 13.2 Å². The molecule has 0 unspecified atom stereocenters. The van der Waals surface area contributed by atoms with Crippen LogP contribution < -0.4 is 5.32 Å². The Morgan fingerprint density at radius 3 is 2.38 bits per heavy atom. The van der Waals surface area contributed by atoms with Gasteiger partial charge in [0, 0.05) is 38.1 Å². The lowest BCUT2D eigenvalue weighted by Crippen LogP contribution is -2.46. The first-order valence-electron chi connectivity index (χ1n) is 10.3. The van der Waals surface area contributed by atoms with Crippen molar-refractivity contribution >= 4 is 39.2 Å². The Morgan fingerprint density at radius 1 is 1.19 bits per heavy atom. The van der Waals surface area contributed by atoms with Gasteiger partial charge < -0.3 is 10.2 Å². The average Bonchev–Trinajstić information content (AvgIpc) is 2.73. The van der Waals surface area contributed by atoms with Crippen LogP contribution in [0.15, 0.2) is 41.4 Å². The molecule has 0 radical (unpaired) electrons. The van der Waals surface area contributed by atoms with Crippen molar-refractivity contribution in [2.24, 2.45) is 5.41 Å². The van der Waals surface area contributed by atoms with E-state index in [-0.39, 0.29) is 16.9 Å². The summed E-state index contributed by atoms with van der Waals surface area (Å²) in [6.45, 7) is 6.35. The van der Waals surface area contributed by atoms with Crippen LogP contribution in [0.25, 0.3) is 0 Å². The summed E-state index contributed by atoms with van der Waals surface area (Å²) in [6, 6.07) is 7.77. The quantitative estimate of drug-likeness (QED) is 0.625. The molecular formula is C21H28ClN5O4S. The summed E-state index contributed by atoms with van der Waals surface area (Å²) in [4.78, 5) is 25.8. The molecule has 0 spiro atoms. The smallest absolute Gasteiger partial charge is 0.330 e. The Balaban J connectivity index is 1.61. The molecule has 3 rings (SSSR count). The Morgan fingerprint density at radius 2 is 1.81 bits per heavy atom. The molecule has 1 aliphatic heterocycles. The summed E-state index contributed by atoms with van der Waals surface area (Å²) in [7, 11) is -2.09. The first kappa shape index (κ1) is 24.4. The minimum absolute atomic E-state index is 0.178. The molecule has 1 N–H and O–H groups in total. The summed E-state index contributed by atoms with van der Waals surface area (Å²) < 4.78 is 27.6. The second kappa shape index (κ2) is 9.70. The minimum Gasteiger partial charge on any atom is -0.367 e. The lowest BCUT2D eigenvalue weighted by Gasteiger charge is -2.35. The van der Waals surface area contributed by atoms with Crippen LogP contribution in [0, 0.1) is 5.41 Å². The van der Waals surface area contributed by atoms with Crippen molar-refractivity contribution in [3.05, 3.63) is 41.7 Å². The van der Waals surface area contributed by atoms with Crippen molar-refractivity contribution in [2.75, 3.05) is 25.5 Å². The molecule has 1 aromatic heterocycles. The largest absolute Gasteiger partial charge is 0.367 e. The van der Waals surface area contributed by atoms with Gasteiger partial charge in [0.25, 0.3) is 0 Å². The number of hydrogen-bond donors (Lipinski definition) is 1. The number of benzene rings is 1. The maximum Gasteiger partial charge on any atom is 0.330 e. The first-order chi connectivity index (χ1) is 15.0. The third-order valence-corrected chi connectivity index (χ3v) is 7.31. The van der Waals surface area contributed by atoms with Gasteiger partial charge in [0.05, 0.1) is 10.3 Å². The molecule has 2 heterocycles. The Kier molecular flexibility index (Phi) is 7.39. The van der Waals surface area contributed by atoms with Crippen LogP contribution >= 0.6 is 11.6 Å². The second-order valence-corrected chi connectivity index (χ2v) is 11.0. The number of anilines is 2. The van der Waals surface area contributed by atoms with Gasteiger partial charge in [0.2, 0.25) is 16.0 Å². The molecule has 2 aromatic rings. The summed E-state index contributed by atoms with van der Waals surface area (Å²) >= 11 is 5.85. The van der Waals surface area contributed by atoms with Crippen molar-refractivity contribution in [1.29, 1.82) is 0 Å². The van der Waals surface area contributed by atoms with Crippen LogP contribution in [0.1, 0.15) is 33.6 Å². The number of halogens is 1. The number of rotatable bonds is 6. The van der Waals surface area contributed by atoms with Gasteiger partial charge in [-0.3, -0.25) is 0 Å². The topological polar surface area (TPSA) is 105 Å². The van der Waals surface area contributed by atoms with Gasteiger partial charge >= 0.3 is 5.97 Å². The maximum absolute atomic E-state index is 13.1. The maximum atomic E-state index is 13.1. The third-order valence-electron chi connectivity index (χ3n) is 5.17. The van der Waals surface area contributed by atoms with Gasteiger partial charge in [-0.05, 0) is 63.9 Å². The number of carbonyl (C=O) groups excluding carboxylic acids is 1. The van der Waals surface area contributed by atoms with E-state index in [4.69, 9.17) is 16.4 Å². The van der Waals surface area contributed by atoms with E-state index in [1.54, 1.807) is 63.2 Å². The Hall–Kier alpha value is -2.27. The van der Waals surface area contributed by atoms with Crippen LogP contribution in [0.5, 0.6) is 0 Å². The Labute approximate surface area is 193 Å². The predicted molar refractivity (Wildman–Crippen MR) is 122 cm³/mol. The molecule has 1 saturated heterocycles. The lowest BCUT2D eigenvalue weighted by molar-refractivity contribution is -0.205. The van der Waals surface area contributed by atoms with Gasteiger partial charge in [-0.25, -0.2) is 23.2 Å². The first-order valence-corrected chi connectivity index (χ1v) is 12.1. The van der Waals surface area contributed by atoms with Crippen LogP contribution in [-0.4, -0.2) is 59.9 Å². The molecule has 174 valence electrons. The van der Waals surface area contributed by atoms with Gasteiger partial charge in [0.15, 0.2) is 0 Å². The van der Waals surface area contributed by atoms with Crippen molar-refractivity contribution in [2.45, 2.75) is 44.6 Å². The molecule has 0 bridgehead atoms. The fraction of sp³-hybridized carbons (Fsp3) is 0.476. The molecule has 0 amide bonds. The van der Waals surface area contributed by atoms with Crippen LogP contribution in [-0.2, 0) is 19.7 Å². The van der Waals surface area contributed by atoms with Crippen molar-refractivity contribution < 1.29 is 18.0 Å². The normalized spacial score (nSPS) is 16.2. The summed E-state index contributed by atoms with van der Waals surface area (Å²) in [6.07, 6.45) is 2.67.